The number of benzene rings is 1. The summed E-state index contributed by atoms with van der Waals surface area (Å²) in [5, 5.41) is 11.3. The van der Waals surface area contributed by atoms with Gasteiger partial charge in [-0.2, -0.15) is 4.31 Å². The number of thioether (sulfide) groups is 1. The van der Waals surface area contributed by atoms with Crippen LogP contribution in [0.25, 0.3) is 22.2 Å². The molecule has 0 atom stereocenters. The first-order chi connectivity index (χ1) is 15.0. The van der Waals surface area contributed by atoms with Gasteiger partial charge in [0.15, 0.2) is 10.8 Å². The predicted molar refractivity (Wildman–Crippen MR) is 119 cm³/mol. The summed E-state index contributed by atoms with van der Waals surface area (Å²) in [4.78, 5) is 4.75. The van der Waals surface area contributed by atoms with E-state index in [-0.39, 0.29) is 10.8 Å². The second-order valence-electron chi connectivity index (χ2n) is 6.40. The minimum Gasteiger partial charge on any atom is -0.462 e. The van der Waals surface area contributed by atoms with Crippen LogP contribution in [0, 0.1) is 0 Å². The number of thiazole rings is 1. The predicted octanol–water partition coefficient (Wildman–Crippen LogP) is 4.78. The van der Waals surface area contributed by atoms with E-state index in [4.69, 9.17) is 8.83 Å². The first-order valence-electron chi connectivity index (χ1n) is 9.56. The Morgan fingerprint density at radius 1 is 1.13 bits per heavy atom. The van der Waals surface area contributed by atoms with Gasteiger partial charge in [0.25, 0.3) is 5.22 Å². The Morgan fingerprint density at radius 2 is 1.97 bits per heavy atom. The summed E-state index contributed by atoms with van der Waals surface area (Å²) >= 11 is 2.88. The molecular formula is C20H20N4O4S3. The number of aromatic nitrogens is 3. The normalized spacial score (nSPS) is 12.0. The maximum Gasteiger partial charge on any atom is 0.277 e. The van der Waals surface area contributed by atoms with Gasteiger partial charge in [-0.3, -0.25) is 0 Å². The van der Waals surface area contributed by atoms with Crippen LogP contribution in [0.5, 0.6) is 0 Å². The highest BCUT2D eigenvalue weighted by atomic mass is 32.2. The molecule has 0 bridgehead atoms. The van der Waals surface area contributed by atoms with Crippen molar-refractivity contribution in [3.05, 3.63) is 53.7 Å². The third-order valence-electron chi connectivity index (χ3n) is 4.46. The highest BCUT2D eigenvalue weighted by molar-refractivity contribution is 7.98. The Labute approximate surface area is 188 Å². The molecule has 31 heavy (non-hydrogen) atoms. The zero-order valence-corrected chi connectivity index (χ0v) is 19.3. The van der Waals surface area contributed by atoms with Crippen molar-refractivity contribution in [1.82, 2.24) is 19.5 Å². The third-order valence-corrected chi connectivity index (χ3v) is 8.26. The fourth-order valence-electron chi connectivity index (χ4n) is 2.91. The van der Waals surface area contributed by atoms with Gasteiger partial charge in [0, 0.05) is 29.8 Å². The van der Waals surface area contributed by atoms with Crippen molar-refractivity contribution < 1.29 is 17.3 Å². The van der Waals surface area contributed by atoms with Crippen LogP contribution in [0.2, 0.25) is 0 Å². The van der Waals surface area contributed by atoms with Crippen LogP contribution < -0.4 is 0 Å². The summed E-state index contributed by atoms with van der Waals surface area (Å²) in [5.74, 6) is 1.57. The van der Waals surface area contributed by atoms with Crippen LogP contribution in [0.4, 0.5) is 0 Å². The summed E-state index contributed by atoms with van der Waals surface area (Å²) in [6, 6.07) is 10.3. The van der Waals surface area contributed by atoms with Crippen LogP contribution >= 0.6 is 23.1 Å². The molecular weight excluding hydrogens is 456 g/mol. The number of nitrogens with zero attached hydrogens (tertiary/aromatic N) is 4. The Morgan fingerprint density at radius 3 is 2.71 bits per heavy atom. The SMILES string of the molecule is CCN(CC)S(=O)(=O)c1cccc(-c2nnc(SCc3csc(-c4ccco4)n3)o2)c1. The van der Waals surface area contributed by atoms with Gasteiger partial charge in [0.05, 0.1) is 16.9 Å². The van der Waals surface area contributed by atoms with Crippen molar-refractivity contribution in [1.29, 1.82) is 0 Å². The van der Waals surface area contributed by atoms with Crippen LogP contribution in [-0.4, -0.2) is 41.0 Å². The Bertz CT molecular complexity index is 1240. The van der Waals surface area contributed by atoms with Crippen molar-refractivity contribution in [2.75, 3.05) is 13.1 Å². The lowest BCUT2D eigenvalue weighted by atomic mass is 10.2. The highest BCUT2D eigenvalue weighted by Crippen LogP contribution is 2.30. The standard InChI is InChI=1S/C20H20N4O4S3/c1-3-24(4-2)31(25,26)16-8-5-7-14(11-16)18-22-23-20(28-18)30-13-15-12-29-19(21-15)17-9-6-10-27-17/h5-12H,3-4,13H2,1-2H3. The smallest absolute Gasteiger partial charge is 0.277 e. The fraction of sp³-hybridized carbons (Fsp3) is 0.250. The lowest BCUT2D eigenvalue weighted by molar-refractivity contribution is 0.445. The van der Waals surface area contributed by atoms with Crippen molar-refractivity contribution in [3.63, 3.8) is 0 Å². The zero-order valence-electron chi connectivity index (χ0n) is 16.9. The van der Waals surface area contributed by atoms with Gasteiger partial charge in [-0.05, 0) is 30.3 Å². The van der Waals surface area contributed by atoms with Crippen LogP contribution in [0.3, 0.4) is 0 Å². The lowest BCUT2D eigenvalue weighted by Crippen LogP contribution is -2.30. The molecule has 0 N–H and O–H groups in total. The molecule has 0 aliphatic heterocycles. The number of furan rings is 1. The first kappa shape index (κ1) is 21.8. The molecule has 4 aromatic rings. The van der Waals surface area contributed by atoms with Gasteiger partial charge in [0.2, 0.25) is 15.9 Å². The minimum absolute atomic E-state index is 0.203. The van der Waals surface area contributed by atoms with E-state index in [0.717, 1.165) is 16.5 Å². The molecule has 4 rings (SSSR count). The monoisotopic (exact) mass is 476 g/mol. The second kappa shape index (κ2) is 9.35. The lowest BCUT2D eigenvalue weighted by Gasteiger charge is -2.18. The largest absolute Gasteiger partial charge is 0.462 e. The minimum atomic E-state index is -3.56. The quantitative estimate of drug-likeness (QED) is 0.318. The molecule has 0 aliphatic carbocycles. The molecule has 11 heteroatoms. The van der Waals surface area contributed by atoms with Crippen molar-refractivity contribution in [2.24, 2.45) is 0 Å². The summed E-state index contributed by atoms with van der Waals surface area (Å²) in [6.45, 7) is 4.43. The second-order valence-corrected chi connectivity index (χ2v) is 10.1. The van der Waals surface area contributed by atoms with Gasteiger partial charge in [-0.25, -0.2) is 13.4 Å². The fourth-order valence-corrected chi connectivity index (χ4v) is 5.96. The van der Waals surface area contributed by atoms with Gasteiger partial charge in [0.1, 0.15) is 0 Å². The summed E-state index contributed by atoms with van der Waals surface area (Å²) < 4.78 is 38.1. The van der Waals surface area contributed by atoms with E-state index in [2.05, 4.69) is 15.2 Å². The highest BCUT2D eigenvalue weighted by Gasteiger charge is 2.22. The first-order valence-corrected chi connectivity index (χ1v) is 12.9. The molecule has 0 saturated carbocycles. The molecule has 0 unspecified atom stereocenters. The Kier molecular flexibility index (Phi) is 6.56. The molecule has 0 saturated heterocycles. The average molecular weight is 477 g/mol. The van der Waals surface area contributed by atoms with Crippen LogP contribution in [0.15, 0.2) is 67.0 Å². The molecule has 0 fully saturated rings. The van der Waals surface area contributed by atoms with E-state index in [1.165, 1.54) is 27.4 Å². The van der Waals surface area contributed by atoms with Crippen molar-refractivity contribution >= 4 is 33.1 Å². The number of hydrogen-bond acceptors (Lipinski definition) is 9. The van der Waals surface area contributed by atoms with E-state index < -0.39 is 10.0 Å². The molecule has 0 radical (unpaired) electrons. The van der Waals surface area contributed by atoms with Gasteiger partial charge in [-0.1, -0.05) is 31.7 Å². The van der Waals surface area contributed by atoms with Crippen LogP contribution in [0.1, 0.15) is 19.5 Å². The molecule has 8 nitrogen and oxygen atoms in total. The van der Waals surface area contributed by atoms with E-state index in [1.807, 2.05) is 31.4 Å². The maximum atomic E-state index is 12.8. The summed E-state index contributed by atoms with van der Waals surface area (Å²) in [5.41, 5.74) is 1.44. The molecule has 3 heterocycles. The van der Waals surface area contributed by atoms with Gasteiger partial charge < -0.3 is 8.83 Å². The number of rotatable bonds is 9. The maximum absolute atomic E-state index is 12.8. The molecule has 0 spiro atoms. The molecule has 1 aromatic carbocycles. The van der Waals surface area contributed by atoms with Crippen LogP contribution in [-0.2, 0) is 15.8 Å². The molecule has 0 amide bonds. The average Bonchev–Trinajstić information content (AvgIpc) is 3.54. The Balaban J connectivity index is 1.47. The molecule has 0 aliphatic rings. The van der Waals surface area contributed by atoms with Gasteiger partial charge >= 0.3 is 0 Å². The van der Waals surface area contributed by atoms with Crippen molar-refractivity contribution in [2.45, 2.75) is 29.7 Å². The molecule has 3 aromatic heterocycles. The van der Waals surface area contributed by atoms with Gasteiger partial charge in [-0.15, -0.1) is 21.5 Å². The van der Waals surface area contributed by atoms with E-state index in [9.17, 15) is 8.42 Å². The number of sulfonamides is 1. The topological polar surface area (TPSA) is 102 Å². The van der Waals surface area contributed by atoms with E-state index >= 15 is 0 Å². The Hall–Kier alpha value is -2.47. The van der Waals surface area contributed by atoms with E-state index in [1.54, 1.807) is 30.5 Å². The van der Waals surface area contributed by atoms with E-state index in [0.29, 0.717) is 29.6 Å². The van der Waals surface area contributed by atoms with Crippen molar-refractivity contribution in [3.8, 4) is 22.2 Å². The number of hydrogen-bond donors (Lipinski definition) is 0. The zero-order chi connectivity index (χ0) is 21.8. The summed E-state index contributed by atoms with van der Waals surface area (Å²) in [7, 11) is -3.56. The molecule has 162 valence electrons. The summed E-state index contributed by atoms with van der Waals surface area (Å²) in [6.07, 6.45) is 1.62. The third kappa shape index (κ3) is 4.74.